The Labute approximate surface area is 89.8 Å². The van der Waals surface area contributed by atoms with Gasteiger partial charge in [-0.05, 0) is 60.6 Å². The van der Waals surface area contributed by atoms with Gasteiger partial charge in [0.15, 0.2) is 4.73 Å². The molecule has 0 bridgehead atoms. The summed E-state index contributed by atoms with van der Waals surface area (Å²) >= 11 is 10.2. The zero-order valence-electron chi connectivity index (χ0n) is 5.52. The Balaban J connectivity index is 2.50. The van der Waals surface area contributed by atoms with Gasteiger partial charge in [-0.1, -0.05) is 0 Å². The molecule has 1 aromatic heterocycles. The van der Waals surface area contributed by atoms with Crippen LogP contribution in [0, 0.1) is 0 Å². The van der Waals surface area contributed by atoms with Gasteiger partial charge in [-0.25, -0.2) is 4.98 Å². The maximum atomic E-state index is 4.22. The van der Waals surface area contributed by atoms with E-state index in [0.29, 0.717) is 6.04 Å². The monoisotopic (exact) mass is 342 g/mol. The molecule has 60 valence electrons. The van der Waals surface area contributed by atoms with Gasteiger partial charge in [-0.15, -0.1) is 0 Å². The predicted octanol–water partition coefficient (Wildman–Crippen LogP) is 3.51. The van der Waals surface area contributed by atoms with Crippen LogP contribution < -0.4 is 0 Å². The highest BCUT2D eigenvalue weighted by Gasteiger charge is 2.28. The zero-order chi connectivity index (χ0) is 8.01. The minimum absolute atomic E-state index is 0.651. The summed E-state index contributed by atoms with van der Waals surface area (Å²) in [6, 6.07) is 0.651. The summed E-state index contributed by atoms with van der Waals surface area (Å²) in [5, 5.41) is 0. The largest absolute Gasteiger partial charge is 0.309 e. The molecule has 1 fully saturated rings. The van der Waals surface area contributed by atoms with Crippen LogP contribution in [-0.2, 0) is 0 Å². The first-order chi connectivity index (χ1) is 5.20. The first-order valence-electron chi connectivity index (χ1n) is 3.29. The van der Waals surface area contributed by atoms with Gasteiger partial charge in [0.1, 0.15) is 9.21 Å². The number of hydrogen-bond donors (Lipinski definition) is 0. The van der Waals surface area contributed by atoms with Gasteiger partial charge in [-0.3, -0.25) is 0 Å². The highest BCUT2D eigenvalue weighted by atomic mass is 79.9. The molecule has 2 rings (SSSR count). The average Bonchev–Trinajstić information content (AvgIpc) is 2.68. The second kappa shape index (κ2) is 2.85. The summed E-state index contributed by atoms with van der Waals surface area (Å²) in [5.41, 5.74) is 0. The van der Waals surface area contributed by atoms with Crippen LogP contribution in [0.4, 0.5) is 0 Å². The van der Waals surface area contributed by atoms with Crippen LogP contribution in [-0.4, -0.2) is 9.55 Å². The van der Waals surface area contributed by atoms with Crippen molar-refractivity contribution in [3.63, 3.8) is 0 Å². The molecule has 1 aliphatic rings. The van der Waals surface area contributed by atoms with Gasteiger partial charge in [0.05, 0.1) is 0 Å². The smallest absolute Gasteiger partial charge is 0.179 e. The van der Waals surface area contributed by atoms with Gasteiger partial charge in [0, 0.05) is 6.04 Å². The summed E-state index contributed by atoms with van der Waals surface area (Å²) in [5.74, 6) is 0. The molecule has 5 heteroatoms. The van der Waals surface area contributed by atoms with Crippen molar-refractivity contribution in [2.24, 2.45) is 0 Å². The zero-order valence-corrected chi connectivity index (χ0v) is 10.3. The van der Waals surface area contributed by atoms with Crippen LogP contribution in [0.15, 0.2) is 13.9 Å². The lowest BCUT2D eigenvalue weighted by molar-refractivity contribution is 0.705. The molecule has 1 heterocycles. The van der Waals surface area contributed by atoms with Crippen LogP contribution in [0.3, 0.4) is 0 Å². The van der Waals surface area contributed by atoms with Crippen molar-refractivity contribution in [2.45, 2.75) is 18.9 Å². The first kappa shape index (κ1) is 8.26. The minimum atomic E-state index is 0.651. The van der Waals surface area contributed by atoms with Gasteiger partial charge in [-0.2, -0.15) is 0 Å². The van der Waals surface area contributed by atoms with E-state index in [-0.39, 0.29) is 0 Å². The van der Waals surface area contributed by atoms with Crippen molar-refractivity contribution >= 4 is 47.8 Å². The predicted molar refractivity (Wildman–Crippen MR) is 53.6 cm³/mol. The maximum Gasteiger partial charge on any atom is 0.179 e. The molecular formula is C6H5Br3N2. The van der Waals surface area contributed by atoms with Crippen LogP contribution in [0.5, 0.6) is 0 Å². The number of nitrogens with zero attached hydrogens (tertiary/aromatic N) is 2. The molecule has 1 aromatic rings. The van der Waals surface area contributed by atoms with E-state index < -0.39 is 0 Å². The lowest BCUT2D eigenvalue weighted by Gasteiger charge is -2.00. The standard InChI is InChI=1S/C6H5Br3N2/c7-4-5(8)11(3-1-2-3)6(9)10-4/h3H,1-2H2. The summed E-state index contributed by atoms with van der Waals surface area (Å²) in [6.07, 6.45) is 2.53. The number of imidazole rings is 1. The quantitative estimate of drug-likeness (QED) is 0.762. The van der Waals surface area contributed by atoms with E-state index in [1.54, 1.807) is 0 Å². The van der Waals surface area contributed by atoms with Crippen LogP contribution in [0.2, 0.25) is 0 Å². The molecule has 0 saturated heterocycles. The molecule has 0 atom stereocenters. The Morgan fingerprint density at radius 2 is 1.91 bits per heavy atom. The van der Waals surface area contributed by atoms with Gasteiger partial charge >= 0.3 is 0 Å². The van der Waals surface area contributed by atoms with E-state index in [9.17, 15) is 0 Å². The fourth-order valence-electron chi connectivity index (χ4n) is 1.01. The molecule has 1 aliphatic carbocycles. The number of rotatable bonds is 1. The Bertz CT molecular complexity index is 290. The summed E-state index contributed by atoms with van der Waals surface area (Å²) in [6.45, 7) is 0. The Morgan fingerprint density at radius 1 is 1.27 bits per heavy atom. The second-order valence-electron chi connectivity index (χ2n) is 2.56. The first-order valence-corrected chi connectivity index (χ1v) is 5.67. The Hall–Kier alpha value is 0.650. The van der Waals surface area contributed by atoms with E-state index >= 15 is 0 Å². The van der Waals surface area contributed by atoms with Crippen molar-refractivity contribution in [3.05, 3.63) is 13.9 Å². The van der Waals surface area contributed by atoms with Crippen molar-refractivity contribution in [3.8, 4) is 0 Å². The van der Waals surface area contributed by atoms with E-state index in [4.69, 9.17) is 0 Å². The number of halogens is 3. The van der Waals surface area contributed by atoms with Crippen LogP contribution >= 0.6 is 47.8 Å². The highest BCUT2D eigenvalue weighted by molar-refractivity contribution is 9.13. The molecule has 0 aliphatic heterocycles. The Kier molecular flexibility index (Phi) is 2.14. The lowest BCUT2D eigenvalue weighted by Crippen LogP contribution is -1.93. The van der Waals surface area contributed by atoms with Crippen LogP contribution in [0.25, 0.3) is 0 Å². The third-order valence-electron chi connectivity index (χ3n) is 1.68. The van der Waals surface area contributed by atoms with Crippen molar-refractivity contribution in [1.29, 1.82) is 0 Å². The molecule has 0 spiro atoms. The van der Waals surface area contributed by atoms with Crippen molar-refractivity contribution < 1.29 is 0 Å². The molecule has 11 heavy (non-hydrogen) atoms. The summed E-state index contributed by atoms with van der Waals surface area (Å²) in [4.78, 5) is 4.22. The Morgan fingerprint density at radius 3 is 2.27 bits per heavy atom. The van der Waals surface area contributed by atoms with E-state index in [0.717, 1.165) is 13.9 Å². The molecule has 0 N–H and O–H groups in total. The molecule has 1 saturated carbocycles. The number of aromatic nitrogens is 2. The third-order valence-corrected chi connectivity index (χ3v) is 4.08. The third kappa shape index (κ3) is 1.42. The average molecular weight is 345 g/mol. The number of hydrogen-bond acceptors (Lipinski definition) is 1. The van der Waals surface area contributed by atoms with Crippen molar-refractivity contribution in [2.75, 3.05) is 0 Å². The maximum absolute atomic E-state index is 4.22. The van der Waals surface area contributed by atoms with Gasteiger partial charge in [0.25, 0.3) is 0 Å². The second-order valence-corrected chi connectivity index (χ2v) is 4.78. The topological polar surface area (TPSA) is 17.8 Å². The molecular weight excluding hydrogens is 340 g/mol. The summed E-state index contributed by atoms with van der Waals surface area (Å²) < 4.78 is 4.96. The fourth-order valence-corrected chi connectivity index (χ4v) is 3.03. The molecule has 2 nitrogen and oxygen atoms in total. The minimum Gasteiger partial charge on any atom is -0.309 e. The SMILES string of the molecule is Brc1nc(Br)n(C2CC2)c1Br. The molecule has 0 amide bonds. The van der Waals surface area contributed by atoms with Crippen LogP contribution in [0.1, 0.15) is 18.9 Å². The molecule has 0 radical (unpaired) electrons. The summed E-state index contributed by atoms with van der Waals surface area (Å²) in [7, 11) is 0. The fraction of sp³-hybridized carbons (Fsp3) is 0.500. The molecule has 0 unspecified atom stereocenters. The van der Waals surface area contributed by atoms with E-state index in [1.165, 1.54) is 12.8 Å². The lowest BCUT2D eigenvalue weighted by atomic mass is 10.7. The van der Waals surface area contributed by atoms with Gasteiger partial charge in [0.2, 0.25) is 0 Å². The molecule has 0 aromatic carbocycles. The van der Waals surface area contributed by atoms with Crippen molar-refractivity contribution in [1.82, 2.24) is 9.55 Å². The van der Waals surface area contributed by atoms with Gasteiger partial charge < -0.3 is 4.57 Å². The normalized spacial score (nSPS) is 17.4. The highest BCUT2D eigenvalue weighted by Crippen LogP contribution is 2.41. The van der Waals surface area contributed by atoms with E-state index in [1.807, 2.05) is 0 Å². The van der Waals surface area contributed by atoms with E-state index in [2.05, 4.69) is 57.3 Å².